The molecule has 0 aromatic rings. The van der Waals surface area contributed by atoms with Crippen molar-refractivity contribution in [3.8, 4) is 0 Å². The third-order valence-corrected chi connectivity index (χ3v) is 5.78. The van der Waals surface area contributed by atoms with Gasteiger partial charge in [-0.2, -0.15) is 0 Å². The van der Waals surface area contributed by atoms with E-state index < -0.39 is 0 Å². The molecule has 2 heteroatoms. The number of aliphatic hydroxyl groups excluding tert-OH is 1. The Labute approximate surface area is 112 Å². The van der Waals surface area contributed by atoms with Crippen LogP contribution in [0, 0.1) is 23.2 Å². The normalized spacial score (nSPS) is 45.5. The molecule has 0 saturated heterocycles. The van der Waals surface area contributed by atoms with E-state index in [1.807, 2.05) is 0 Å². The Hall–Kier alpha value is -0.0800. The molecule has 4 aliphatic rings. The number of rotatable bonds is 4. The minimum atomic E-state index is -0.145. The Balaban J connectivity index is 1.74. The fourth-order valence-electron chi connectivity index (χ4n) is 5.69. The van der Waals surface area contributed by atoms with Gasteiger partial charge in [0, 0.05) is 12.1 Å². The van der Waals surface area contributed by atoms with Crippen LogP contribution in [-0.2, 0) is 0 Å². The molecule has 0 heterocycles. The third kappa shape index (κ3) is 2.12. The van der Waals surface area contributed by atoms with E-state index in [-0.39, 0.29) is 17.6 Å². The Morgan fingerprint density at radius 1 is 0.944 bits per heavy atom. The second-order valence-corrected chi connectivity index (χ2v) is 7.83. The molecule has 4 rings (SSSR count). The van der Waals surface area contributed by atoms with Crippen molar-refractivity contribution in [3.63, 3.8) is 0 Å². The average molecular weight is 251 g/mol. The van der Waals surface area contributed by atoms with Gasteiger partial charge in [-0.15, -0.1) is 0 Å². The Morgan fingerprint density at radius 2 is 1.39 bits per heavy atom. The Kier molecular flexibility index (Phi) is 3.22. The van der Waals surface area contributed by atoms with Crippen molar-refractivity contribution in [1.82, 2.24) is 5.32 Å². The lowest BCUT2D eigenvalue weighted by Gasteiger charge is -2.59. The van der Waals surface area contributed by atoms with Crippen LogP contribution in [-0.4, -0.2) is 23.3 Å². The van der Waals surface area contributed by atoms with Crippen molar-refractivity contribution in [2.24, 2.45) is 23.2 Å². The molecule has 0 aromatic heterocycles. The summed E-state index contributed by atoms with van der Waals surface area (Å²) >= 11 is 0. The molecule has 0 amide bonds. The lowest BCUT2D eigenvalue weighted by atomic mass is 9.47. The molecule has 4 bridgehead atoms. The van der Waals surface area contributed by atoms with Gasteiger partial charge < -0.3 is 10.4 Å². The zero-order chi connectivity index (χ0) is 12.9. The van der Waals surface area contributed by atoms with E-state index in [0.717, 1.165) is 17.8 Å². The lowest BCUT2D eigenvalue weighted by molar-refractivity contribution is -0.129. The summed E-state index contributed by atoms with van der Waals surface area (Å²) < 4.78 is 0. The monoisotopic (exact) mass is 251 g/mol. The molecule has 2 nitrogen and oxygen atoms in total. The molecule has 4 fully saturated rings. The standard InChI is InChI=1S/C16H29NO/c1-10(2)17-11(3)15(18)16-7-12-4-13(8-16)6-14(5-12)9-16/h10-15,17-18H,4-9H2,1-3H3/t11-,12?,13?,14?,15-,16?/m0/s1. The molecular weight excluding hydrogens is 222 g/mol. The van der Waals surface area contributed by atoms with E-state index in [4.69, 9.17) is 0 Å². The number of aliphatic hydroxyl groups is 1. The van der Waals surface area contributed by atoms with Gasteiger partial charge in [0.1, 0.15) is 0 Å². The molecule has 4 saturated carbocycles. The maximum Gasteiger partial charge on any atom is 0.0746 e. The number of nitrogens with one attached hydrogen (secondary N) is 1. The van der Waals surface area contributed by atoms with E-state index in [2.05, 4.69) is 26.1 Å². The van der Waals surface area contributed by atoms with E-state index in [1.54, 1.807) is 0 Å². The number of hydrogen-bond donors (Lipinski definition) is 2. The summed E-state index contributed by atoms with van der Waals surface area (Å²) in [6, 6.07) is 0.699. The predicted octanol–water partition coefficient (Wildman–Crippen LogP) is 2.95. The molecule has 4 aliphatic carbocycles. The SMILES string of the molecule is CC(C)N[C@@H](C)[C@H](O)C12CC3CC(CC(C3)C1)C2. The van der Waals surface area contributed by atoms with Crippen LogP contribution in [0.15, 0.2) is 0 Å². The zero-order valence-electron chi connectivity index (χ0n) is 12.2. The van der Waals surface area contributed by atoms with Crippen molar-refractivity contribution >= 4 is 0 Å². The maximum atomic E-state index is 10.9. The molecule has 0 spiro atoms. The average Bonchev–Trinajstić information content (AvgIpc) is 2.25. The molecule has 2 atom stereocenters. The van der Waals surface area contributed by atoms with Crippen molar-refractivity contribution in [3.05, 3.63) is 0 Å². The van der Waals surface area contributed by atoms with E-state index >= 15 is 0 Å². The predicted molar refractivity (Wildman–Crippen MR) is 74.3 cm³/mol. The van der Waals surface area contributed by atoms with Gasteiger partial charge in [-0.3, -0.25) is 0 Å². The van der Waals surface area contributed by atoms with Crippen LogP contribution in [0.2, 0.25) is 0 Å². The highest BCUT2D eigenvalue weighted by Crippen LogP contribution is 2.61. The molecule has 2 N–H and O–H groups in total. The van der Waals surface area contributed by atoms with E-state index in [1.165, 1.54) is 38.5 Å². The van der Waals surface area contributed by atoms with Crippen LogP contribution in [0.5, 0.6) is 0 Å². The molecule has 0 unspecified atom stereocenters. The van der Waals surface area contributed by atoms with Gasteiger partial charge in [-0.25, -0.2) is 0 Å². The van der Waals surface area contributed by atoms with Crippen LogP contribution in [0.25, 0.3) is 0 Å². The first kappa shape index (κ1) is 12.9. The summed E-state index contributed by atoms with van der Waals surface area (Å²) in [5, 5.41) is 14.4. The summed E-state index contributed by atoms with van der Waals surface area (Å²) in [6.07, 6.45) is 8.11. The molecular formula is C16H29NO. The second kappa shape index (κ2) is 4.49. The van der Waals surface area contributed by atoms with Gasteiger partial charge in [0.05, 0.1) is 6.10 Å². The summed E-state index contributed by atoms with van der Waals surface area (Å²) in [5.74, 6) is 2.78. The highest BCUT2D eigenvalue weighted by Gasteiger charge is 2.54. The van der Waals surface area contributed by atoms with Crippen molar-refractivity contribution in [2.45, 2.75) is 77.5 Å². The van der Waals surface area contributed by atoms with Crippen LogP contribution >= 0.6 is 0 Å². The van der Waals surface area contributed by atoms with Crippen molar-refractivity contribution in [1.29, 1.82) is 0 Å². The topological polar surface area (TPSA) is 32.3 Å². The van der Waals surface area contributed by atoms with Gasteiger partial charge in [0.15, 0.2) is 0 Å². The number of hydrogen-bond acceptors (Lipinski definition) is 2. The summed E-state index contributed by atoms with van der Waals surface area (Å²) in [4.78, 5) is 0. The highest BCUT2D eigenvalue weighted by molar-refractivity contribution is 5.06. The molecule has 0 aromatic carbocycles. The Bertz CT molecular complexity index is 277. The first-order valence-electron chi connectivity index (χ1n) is 7.92. The highest BCUT2D eigenvalue weighted by atomic mass is 16.3. The molecule has 0 aliphatic heterocycles. The Morgan fingerprint density at radius 3 is 1.78 bits per heavy atom. The molecule has 104 valence electrons. The lowest BCUT2D eigenvalue weighted by Crippen LogP contribution is -2.57. The minimum absolute atomic E-state index is 0.145. The maximum absolute atomic E-state index is 10.9. The summed E-state index contributed by atoms with van der Waals surface area (Å²) in [6.45, 7) is 6.51. The minimum Gasteiger partial charge on any atom is -0.391 e. The van der Waals surface area contributed by atoms with Gasteiger partial charge in [-0.05, 0) is 68.6 Å². The fourth-order valence-corrected chi connectivity index (χ4v) is 5.69. The smallest absolute Gasteiger partial charge is 0.0746 e. The second-order valence-electron chi connectivity index (χ2n) is 7.83. The fraction of sp³-hybridized carbons (Fsp3) is 1.00. The van der Waals surface area contributed by atoms with Gasteiger partial charge in [0.2, 0.25) is 0 Å². The zero-order valence-corrected chi connectivity index (χ0v) is 12.2. The third-order valence-electron chi connectivity index (χ3n) is 5.78. The van der Waals surface area contributed by atoms with Crippen LogP contribution in [0.3, 0.4) is 0 Å². The quantitative estimate of drug-likeness (QED) is 0.805. The van der Waals surface area contributed by atoms with E-state index in [0.29, 0.717) is 6.04 Å². The summed E-state index contributed by atoms with van der Waals surface area (Å²) in [5.41, 5.74) is 0.260. The van der Waals surface area contributed by atoms with Gasteiger partial charge >= 0.3 is 0 Å². The first-order valence-corrected chi connectivity index (χ1v) is 7.92. The van der Waals surface area contributed by atoms with Crippen LogP contribution in [0.1, 0.15) is 59.3 Å². The van der Waals surface area contributed by atoms with Crippen molar-refractivity contribution in [2.75, 3.05) is 0 Å². The van der Waals surface area contributed by atoms with E-state index in [9.17, 15) is 5.11 Å². The largest absolute Gasteiger partial charge is 0.391 e. The van der Waals surface area contributed by atoms with Crippen LogP contribution < -0.4 is 5.32 Å². The summed E-state index contributed by atoms with van der Waals surface area (Å²) in [7, 11) is 0. The van der Waals surface area contributed by atoms with Gasteiger partial charge in [0.25, 0.3) is 0 Å². The first-order chi connectivity index (χ1) is 8.48. The van der Waals surface area contributed by atoms with Crippen molar-refractivity contribution < 1.29 is 5.11 Å². The molecule has 18 heavy (non-hydrogen) atoms. The molecule has 0 radical (unpaired) electrons. The van der Waals surface area contributed by atoms with Crippen LogP contribution in [0.4, 0.5) is 0 Å². The van der Waals surface area contributed by atoms with Gasteiger partial charge in [-0.1, -0.05) is 13.8 Å².